The molecule has 238 valence electrons. The van der Waals surface area contributed by atoms with Crippen LogP contribution in [0.3, 0.4) is 0 Å². The Bertz CT molecular complexity index is 3160. The highest BCUT2D eigenvalue weighted by Gasteiger charge is 2.17. The minimum atomic E-state index is 0.572. The molecule has 0 aliphatic heterocycles. The third kappa shape index (κ3) is 4.50. The maximum Gasteiger partial charge on any atom is 0.164 e. The third-order valence-corrected chi connectivity index (χ3v) is 10.9. The Balaban J connectivity index is 1.04. The highest BCUT2D eigenvalue weighted by Crippen LogP contribution is 2.42. The van der Waals surface area contributed by atoms with Gasteiger partial charge in [-0.25, -0.2) is 15.0 Å². The molecular formula is C45H25N3O2S. The lowest BCUT2D eigenvalue weighted by molar-refractivity contribution is 0.669. The van der Waals surface area contributed by atoms with Gasteiger partial charge in [-0.15, -0.1) is 11.3 Å². The lowest BCUT2D eigenvalue weighted by atomic mass is 9.98. The Hall–Kier alpha value is -6.63. The molecule has 0 unspecified atom stereocenters. The number of hydrogen-bond acceptors (Lipinski definition) is 6. The fourth-order valence-corrected chi connectivity index (χ4v) is 8.45. The summed E-state index contributed by atoms with van der Waals surface area (Å²) in [5.74, 6) is 1.75. The molecule has 0 radical (unpaired) electrons. The molecule has 5 nitrogen and oxygen atoms in total. The van der Waals surface area contributed by atoms with E-state index in [1.165, 1.54) is 25.7 Å². The number of para-hydroxylation sites is 1. The summed E-state index contributed by atoms with van der Waals surface area (Å²) in [5, 5.41) is 6.84. The van der Waals surface area contributed by atoms with Crippen molar-refractivity contribution in [2.75, 3.05) is 0 Å². The van der Waals surface area contributed by atoms with Crippen LogP contribution in [0.15, 0.2) is 160 Å². The molecule has 0 saturated heterocycles. The number of hydrogen-bond donors (Lipinski definition) is 0. The van der Waals surface area contributed by atoms with Gasteiger partial charge in [0.05, 0.1) is 0 Å². The summed E-state index contributed by atoms with van der Waals surface area (Å²) in [7, 11) is 0. The Kier molecular flexibility index (Phi) is 6.05. The predicted molar refractivity (Wildman–Crippen MR) is 209 cm³/mol. The molecule has 0 atom stereocenters. The van der Waals surface area contributed by atoms with Crippen molar-refractivity contribution in [1.29, 1.82) is 0 Å². The largest absolute Gasteiger partial charge is 0.456 e. The molecule has 51 heavy (non-hydrogen) atoms. The average Bonchev–Trinajstić information content (AvgIpc) is 3.88. The van der Waals surface area contributed by atoms with Gasteiger partial charge in [0.25, 0.3) is 0 Å². The first kappa shape index (κ1) is 28.2. The second-order valence-corrected chi connectivity index (χ2v) is 13.9. The summed E-state index contributed by atoms with van der Waals surface area (Å²) in [5.41, 5.74) is 8.24. The number of nitrogens with zero attached hydrogens (tertiary/aromatic N) is 3. The van der Waals surface area contributed by atoms with E-state index in [0.29, 0.717) is 17.5 Å². The normalized spacial score (nSPS) is 11.9. The first-order valence-electron chi connectivity index (χ1n) is 16.8. The van der Waals surface area contributed by atoms with Crippen LogP contribution in [0, 0.1) is 0 Å². The van der Waals surface area contributed by atoms with E-state index < -0.39 is 0 Å². The summed E-state index contributed by atoms with van der Waals surface area (Å²) in [6, 6.07) is 52.2. The van der Waals surface area contributed by atoms with Gasteiger partial charge in [-0.3, -0.25) is 0 Å². The lowest BCUT2D eigenvalue weighted by Crippen LogP contribution is -2.00. The van der Waals surface area contributed by atoms with Gasteiger partial charge in [0.15, 0.2) is 17.5 Å². The maximum atomic E-state index is 6.58. The molecule has 0 saturated carbocycles. The number of rotatable bonds is 4. The molecular weight excluding hydrogens is 647 g/mol. The molecule has 7 aromatic carbocycles. The van der Waals surface area contributed by atoms with Crippen LogP contribution >= 0.6 is 11.3 Å². The third-order valence-electron chi connectivity index (χ3n) is 9.75. The smallest absolute Gasteiger partial charge is 0.164 e. The predicted octanol–water partition coefficient (Wildman–Crippen LogP) is 12.7. The zero-order valence-corrected chi connectivity index (χ0v) is 27.8. The number of furan rings is 2. The molecule has 4 heterocycles. The molecule has 0 aliphatic rings. The molecule has 0 fully saturated rings. The van der Waals surface area contributed by atoms with Crippen LogP contribution in [-0.2, 0) is 0 Å². The van der Waals surface area contributed by atoms with Gasteiger partial charge in [0.2, 0.25) is 0 Å². The Morgan fingerprint density at radius 2 is 0.863 bits per heavy atom. The van der Waals surface area contributed by atoms with E-state index in [1.54, 1.807) is 0 Å². The molecule has 11 aromatic rings. The second-order valence-electron chi connectivity index (χ2n) is 12.8. The first-order valence-corrected chi connectivity index (χ1v) is 17.7. The molecule has 0 aliphatic carbocycles. The summed E-state index contributed by atoms with van der Waals surface area (Å²) >= 11 is 1.83. The highest BCUT2D eigenvalue weighted by atomic mass is 32.1. The van der Waals surface area contributed by atoms with Crippen molar-refractivity contribution in [3.05, 3.63) is 152 Å². The number of fused-ring (bicyclic) bond motifs is 9. The first-order chi connectivity index (χ1) is 25.2. The number of thiophene rings is 1. The summed E-state index contributed by atoms with van der Waals surface area (Å²) < 4.78 is 15.4. The molecule has 0 amide bonds. The second kappa shape index (κ2) is 10.9. The topological polar surface area (TPSA) is 65.0 Å². The molecule has 0 bridgehead atoms. The van der Waals surface area contributed by atoms with E-state index in [0.717, 1.165) is 66.1 Å². The van der Waals surface area contributed by atoms with Crippen molar-refractivity contribution >= 4 is 75.4 Å². The number of benzene rings is 7. The summed E-state index contributed by atoms with van der Waals surface area (Å²) in [6.45, 7) is 0. The molecule has 11 rings (SSSR count). The van der Waals surface area contributed by atoms with E-state index in [4.69, 9.17) is 23.8 Å². The minimum Gasteiger partial charge on any atom is -0.456 e. The van der Waals surface area contributed by atoms with Crippen LogP contribution in [0.1, 0.15) is 0 Å². The van der Waals surface area contributed by atoms with E-state index >= 15 is 0 Å². The zero-order valence-electron chi connectivity index (χ0n) is 27.0. The van der Waals surface area contributed by atoms with E-state index in [2.05, 4.69) is 91.0 Å². The van der Waals surface area contributed by atoms with Crippen LogP contribution in [0.2, 0.25) is 0 Å². The van der Waals surface area contributed by atoms with Gasteiger partial charge in [0.1, 0.15) is 22.3 Å². The van der Waals surface area contributed by atoms with Crippen LogP contribution in [0.25, 0.3) is 109 Å². The van der Waals surface area contributed by atoms with Gasteiger partial charge >= 0.3 is 0 Å². The summed E-state index contributed by atoms with van der Waals surface area (Å²) in [4.78, 5) is 14.9. The van der Waals surface area contributed by atoms with Gasteiger partial charge in [-0.1, -0.05) is 97.1 Å². The fraction of sp³-hybridized carbons (Fsp3) is 0. The van der Waals surface area contributed by atoms with Gasteiger partial charge < -0.3 is 8.83 Å². The van der Waals surface area contributed by atoms with Crippen molar-refractivity contribution in [2.24, 2.45) is 0 Å². The molecule has 6 heteroatoms. The van der Waals surface area contributed by atoms with E-state index in [9.17, 15) is 0 Å². The van der Waals surface area contributed by atoms with Crippen molar-refractivity contribution < 1.29 is 8.83 Å². The quantitative estimate of drug-likeness (QED) is 0.186. The lowest BCUT2D eigenvalue weighted by Gasteiger charge is -2.08. The van der Waals surface area contributed by atoms with Crippen molar-refractivity contribution in [3.8, 4) is 45.3 Å². The van der Waals surface area contributed by atoms with Crippen molar-refractivity contribution in [1.82, 2.24) is 15.0 Å². The van der Waals surface area contributed by atoms with Crippen molar-refractivity contribution in [3.63, 3.8) is 0 Å². The van der Waals surface area contributed by atoms with Crippen LogP contribution in [0.5, 0.6) is 0 Å². The van der Waals surface area contributed by atoms with E-state index in [-0.39, 0.29) is 0 Å². The monoisotopic (exact) mass is 671 g/mol. The van der Waals surface area contributed by atoms with Crippen LogP contribution in [0.4, 0.5) is 0 Å². The Labute approximate surface area is 295 Å². The average molecular weight is 672 g/mol. The van der Waals surface area contributed by atoms with Crippen LogP contribution in [-0.4, -0.2) is 15.0 Å². The SMILES string of the molecule is c1ccc(-c2nc(-c3ccc4c(c3)oc3ccccc34)nc(-c3ccc4c(c3)oc3cc(-c5cccc6sc7ccccc7c56)ccc34)n2)cc1. The maximum absolute atomic E-state index is 6.58. The van der Waals surface area contributed by atoms with Gasteiger partial charge in [0, 0.05) is 58.4 Å². The zero-order chi connectivity index (χ0) is 33.5. The highest BCUT2D eigenvalue weighted by molar-refractivity contribution is 7.25. The standard InChI is InChI=1S/C45H25N3O2S/c1-2-9-26(10-3-1)43-46-44(28-18-21-32-31-11-4-6-14-36(31)49-38(32)24-28)48-45(47-43)29-19-22-34-33-20-17-27(23-37(33)50-39(34)25-29)30-13-8-16-41-42(30)35-12-5-7-15-40(35)51-41/h1-25H. The molecule has 0 spiro atoms. The fourth-order valence-electron chi connectivity index (χ4n) is 7.31. The number of aromatic nitrogens is 3. The molecule has 0 N–H and O–H groups in total. The van der Waals surface area contributed by atoms with Crippen LogP contribution < -0.4 is 0 Å². The van der Waals surface area contributed by atoms with E-state index in [1.807, 2.05) is 72.0 Å². The Morgan fingerprint density at radius 3 is 1.57 bits per heavy atom. The molecule has 4 aromatic heterocycles. The van der Waals surface area contributed by atoms with Crippen molar-refractivity contribution in [2.45, 2.75) is 0 Å². The van der Waals surface area contributed by atoms with Gasteiger partial charge in [-0.2, -0.15) is 0 Å². The van der Waals surface area contributed by atoms with Gasteiger partial charge in [-0.05, 0) is 65.7 Å². The minimum absolute atomic E-state index is 0.572. The summed E-state index contributed by atoms with van der Waals surface area (Å²) in [6.07, 6.45) is 0. The Morgan fingerprint density at radius 1 is 0.353 bits per heavy atom.